The molecular weight excluding hydrogens is 454 g/mol. The summed E-state index contributed by atoms with van der Waals surface area (Å²) in [5.41, 5.74) is 5.59. The number of aliphatic hydroxyl groups excluding tert-OH is 2. The highest BCUT2D eigenvalue weighted by molar-refractivity contribution is 7.99. The number of amides is 1. The number of thioether (sulfide) groups is 1. The number of carbonyl (C=O) groups is 2. The van der Waals surface area contributed by atoms with Gasteiger partial charge in [-0.15, -0.1) is 0 Å². The zero-order chi connectivity index (χ0) is 24.3. The highest BCUT2D eigenvalue weighted by Gasteiger charge is 2.44. The van der Waals surface area contributed by atoms with Gasteiger partial charge in [0.05, 0.1) is 11.5 Å². The number of carbonyl (C=O) groups excluding carboxylic acids is 1. The molecule has 6 N–H and O–H groups in total. The summed E-state index contributed by atoms with van der Waals surface area (Å²) in [6, 6.07) is 0.593. The van der Waals surface area contributed by atoms with Gasteiger partial charge in [0.15, 0.2) is 6.23 Å². The molecule has 3 rings (SSSR count). The van der Waals surface area contributed by atoms with Crippen molar-refractivity contribution >= 4 is 40.7 Å². The topological polar surface area (TPSA) is 182 Å². The lowest BCUT2D eigenvalue weighted by Crippen LogP contribution is -2.43. The van der Waals surface area contributed by atoms with Crippen LogP contribution < -0.4 is 11.1 Å². The third-order valence-electron chi connectivity index (χ3n) is 4.97. The van der Waals surface area contributed by atoms with Gasteiger partial charge in [0, 0.05) is 11.9 Å². The highest BCUT2D eigenvalue weighted by Crippen LogP contribution is 2.34. The Balaban J connectivity index is 1.53. The van der Waals surface area contributed by atoms with Gasteiger partial charge in [-0.2, -0.15) is 11.8 Å². The van der Waals surface area contributed by atoms with E-state index in [1.807, 2.05) is 0 Å². The van der Waals surface area contributed by atoms with E-state index in [1.54, 1.807) is 37.6 Å². The molecule has 1 aliphatic rings. The summed E-state index contributed by atoms with van der Waals surface area (Å²) < 4.78 is 12.6. The molecule has 5 unspecified atom stereocenters. The summed E-state index contributed by atoms with van der Waals surface area (Å²) in [7, 11) is 0. The first-order chi connectivity index (χ1) is 15.5. The van der Waals surface area contributed by atoms with E-state index in [0.29, 0.717) is 28.4 Å². The van der Waals surface area contributed by atoms with Gasteiger partial charge in [-0.1, -0.05) is 0 Å². The average Bonchev–Trinajstić information content (AvgIpc) is 3.26. The lowest BCUT2D eigenvalue weighted by atomic mass is 10.1. The number of carboxylic acid groups (broad SMARTS) is 1. The normalized spacial score (nSPS) is 24.0. The van der Waals surface area contributed by atoms with Crippen molar-refractivity contribution in [1.82, 2.24) is 19.9 Å². The zero-order valence-corrected chi connectivity index (χ0v) is 19.4. The van der Waals surface area contributed by atoms with E-state index in [-0.39, 0.29) is 6.42 Å². The van der Waals surface area contributed by atoms with E-state index < -0.39 is 48.2 Å². The first-order valence-corrected chi connectivity index (χ1v) is 11.5. The van der Waals surface area contributed by atoms with Gasteiger partial charge in [0.25, 0.3) is 0 Å². The maximum atomic E-state index is 11.9. The Hall–Kier alpha value is -2.61. The largest absolute Gasteiger partial charge is 0.480 e. The van der Waals surface area contributed by atoms with Crippen LogP contribution >= 0.6 is 11.8 Å². The zero-order valence-electron chi connectivity index (χ0n) is 18.5. The van der Waals surface area contributed by atoms with Crippen LogP contribution in [0.25, 0.3) is 11.0 Å². The summed E-state index contributed by atoms with van der Waals surface area (Å²) in [6.45, 7) is 5.06. The third kappa shape index (κ3) is 6.05. The van der Waals surface area contributed by atoms with Gasteiger partial charge < -0.3 is 40.4 Å². The second-order valence-corrected chi connectivity index (χ2v) is 9.82. The first kappa shape index (κ1) is 25.0. The van der Waals surface area contributed by atoms with Gasteiger partial charge in [-0.25, -0.2) is 19.6 Å². The smallest absolute Gasteiger partial charge is 0.408 e. The number of aliphatic hydroxyl groups is 2. The van der Waals surface area contributed by atoms with Crippen LogP contribution in [0.3, 0.4) is 0 Å². The molecule has 1 aliphatic heterocycles. The first-order valence-electron chi connectivity index (χ1n) is 10.4. The molecule has 2 aromatic heterocycles. The fourth-order valence-electron chi connectivity index (χ4n) is 3.40. The van der Waals surface area contributed by atoms with Gasteiger partial charge >= 0.3 is 12.1 Å². The van der Waals surface area contributed by atoms with Gasteiger partial charge in [0.1, 0.15) is 41.6 Å². The lowest BCUT2D eigenvalue weighted by Gasteiger charge is -2.22. The quantitative estimate of drug-likeness (QED) is 0.334. The van der Waals surface area contributed by atoms with Crippen molar-refractivity contribution in [2.45, 2.75) is 63.4 Å². The van der Waals surface area contributed by atoms with E-state index >= 15 is 0 Å². The number of anilines is 1. The van der Waals surface area contributed by atoms with Gasteiger partial charge in [-0.05, 0) is 39.0 Å². The van der Waals surface area contributed by atoms with Crippen LogP contribution in [0.5, 0.6) is 0 Å². The number of aliphatic carboxylic acids is 1. The fraction of sp³-hybridized carbons (Fsp3) is 0.600. The van der Waals surface area contributed by atoms with Crippen LogP contribution in [0, 0.1) is 0 Å². The minimum Gasteiger partial charge on any atom is -0.480 e. The van der Waals surface area contributed by atoms with Crippen molar-refractivity contribution in [3.63, 3.8) is 0 Å². The molecule has 0 aliphatic carbocycles. The Labute approximate surface area is 194 Å². The second kappa shape index (κ2) is 10.1. The number of rotatable bonds is 8. The van der Waals surface area contributed by atoms with Crippen LogP contribution in [-0.2, 0) is 14.3 Å². The Morgan fingerprint density at radius 2 is 2.06 bits per heavy atom. The van der Waals surface area contributed by atoms with E-state index in [0.717, 1.165) is 0 Å². The Kier molecular flexibility index (Phi) is 7.67. The van der Waals surface area contributed by atoms with Crippen molar-refractivity contribution in [3.05, 3.63) is 18.6 Å². The summed E-state index contributed by atoms with van der Waals surface area (Å²) in [5.74, 6) is -0.193. The van der Waals surface area contributed by atoms with Crippen LogP contribution in [0.2, 0.25) is 0 Å². The number of ether oxygens (including phenoxy) is 2. The fourth-order valence-corrected chi connectivity index (χ4v) is 4.48. The van der Waals surface area contributed by atoms with Crippen molar-refractivity contribution in [1.29, 1.82) is 0 Å². The number of hydrogen-bond donors (Lipinski definition) is 5. The Bertz CT molecular complexity index is 995. The highest BCUT2D eigenvalue weighted by atomic mass is 32.2. The van der Waals surface area contributed by atoms with E-state index in [2.05, 4.69) is 15.3 Å². The summed E-state index contributed by atoms with van der Waals surface area (Å²) >= 11 is 1.34. The molecule has 1 fully saturated rings. The molecule has 3 heterocycles. The molecule has 182 valence electrons. The molecule has 5 atom stereocenters. The van der Waals surface area contributed by atoms with Crippen LogP contribution in [0.4, 0.5) is 10.6 Å². The molecule has 33 heavy (non-hydrogen) atoms. The van der Waals surface area contributed by atoms with Crippen molar-refractivity contribution < 1.29 is 34.4 Å². The molecule has 0 radical (unpaired) electrons. The molecule has 2 aromatic rings. The second-order valence-electron chi connectivity index (χ2n) is 8.67. The van der Waals surface area contributed by atoms with E-state index in [9.17, 15) is 24.9 Å². The Morgan fingerprint density at radius 1 is 1.33 bits per heavy atom. The number of hydrogen-bond acceptors (Lipinski definition) is 10. The van der Waals surface area contributed by atoms with E-state index in [1.165, 1.54) is 18.1 Å². The number of nitrogens with two attached hydrogens (primary N) is 1. The number of carboxylic acids is 1. The van der Waals surface area contributed by atoms with Gasteiger partial charge in [-0.3, -0.25) is 0 Å². The maximum Gasteiger partial charge on any atom is 0.408 e. The molecule has 1 saturated heterocycles. The Morgan fingerprint density at radius 3 is 2.73 bits per heavy atom. The molecule has 0 bridgehead atoms. The predicted molar refractivity (Wildman–Crippen MR) is 121 cm³/mol. The minimum absolute atomic E-state index is 0.145. The standard InChI is InChI=1S/C20H29N5O7S/c1-20(2,3)32-19(30)24-11(18(28)29)5-7-33-8-12-13(26)14(27)17(31-12)25-6-4-10-15(21)22-9-23-16(10)25/h4,6,9,11-14,17,26-27H,5,7-8H2,1-3H3,(H,24,30)(H,28,29)(H2,21,22,23). The van der Waals surface area contributed by atoms with Crippen LogP contribution in [-0.4, -0.2) is 83.4 Å². The number of fused-ring (bicyclic) bond motifs is 1. The molecule has 0 aromatic carbocycles. The third-order valence-corrected chi connectivity index (χ3v) is 6.06. The number of nitrogens with one attached hydrogen (secondary N) is 1. The lowest BCUT2D eigenvalue weighted by molar-refractivity contribution is -0.139. The predicted octanol–water partition coefficient (Wildman–Crippen LogP) is 0.734. The molecule has 13 heteroatoms. The molecule has 0 spiro atoms. The number of nitrogens with zero attached hydrogens (tertiary/aromatic N) is 3. The molecule has 1 amide bonds. The summed E-state index contributed by atoms with van der Waals surface area (Å²) in [4.78, 5) is 31.4. The van der Waals surface area contributed by atoms with Crippen LogP contribution in [0.1, 0.15) is 33.4 Å². The number of nitrogen functional groups attached to an aromatic ring is 1. The molecule has 0 saturated carbocycles. The molecule has 12 nitrogen and oxygen atoms in total. The minimum atomic E-state index is -1.19. The van der Waals surface area contributed by atoms with Crippen LogP contribution in [0.15, 0.2) is 18.6 Å². The average molecular weight is 484 g/mol. The van der Waals surface area contributed by atoms with E-state index in [4.69, 9.17) is 15.2 Å². The summed E-state index contributed by atoms with van der Waals surface area (Å²) in [6.07, 6.45) is -1.57. The maximum absolute atomic E-state index is 11.9. The molecular formula is C20H29N5O7S. The number of alkyl carbamates (subject to hydrolysis) is 1. The van der Waals surface area contributed by atoms with Crippen molar-refractivity contribution in [2.24, 2.45) is 0 Å². The SMILES string of the molecule is CC(C)(C)OC(=O)NC(CCSCC1OC(n2ccc3c(N)ncnc32)C(O)C1O)C(=O)O. The summed E-state index contributed by atoms with van der Waals surface area (Å²) in [5, 5.41) is 33.3. The van der Waals surface area contributed by atoms with Gasteiger partial charge in [0.2, 0.25) is 0 Å². The number of aromatic nitrogens is 3. The van der Waals surface area contributed by atoms with Crippen molar-refractivity contribution in [2.75, 3.05) is 17.2 Å². The van der Waals surface area contributed by atoms with Crippen molar-refractivity contribution in [3.8, 4) is 0 Å². The monoisotopic (exact) mass is 483 g/mol.